The van der Waals surface area contributed by atoms with Crippen molar-refractivity contribution < 1.29 is 15.3 Å². The van der Waals surface area contributed by atoms with E-state index >= 15 is 0 Å². The van der Waals surface area contributed by atoms with Gasteiger partial charge in [-0.05, 0) is 13.8 Å². The Morgan fingerprint density at radius 2 is 1.38 bits per heavy atom. The highest BCUT2D eigenvalue weighted by Gasteiger charge is 1.70. The first-order chi connectivity index (χ1) is 3.15. The molecular weight excluding hydrogens is 108 g/mol. The van der Waals surface area contributed by atoms with Crippen molar-refractivity contribution >= 4 is 0 Å². The molecule has 3 nitrogen and oxygen atoms in total. The van der Waals surface area contributed by atoms with Gasteiger partial charge < -0.3 is 15.3 Å². The van der Waals surface area contributed by atoms with Crippen molar-refractivity contribution in [3.63, 3.8) is 0 Å². The lowest BCUT2D eigenvalue weighted by molar-refractivity contribution is -0.0228. The van der Waals surface area contributed by atoms with E-state index in [2.05, 4.69) is 0 Å². The molecule has 0 rings (SSSR count). The number of aliphatic hydroxyl groups excluding tert-OH is 2. The Kier molecular flexibility index (Phi) is 30.9. The van der Waals surface area contributed by atoms with Gasteiger partial charge in [-0.2, -0.15) is 0 Å². The maximum atomic E-state index is 7.61. The molecule has 0 spiro atoms. The summed E-state index contributed by atoms with van der Waals surface area (Å²) >= 11 is 0. The molecule has 3 N–H and O–H groups in total. The van der Waals surface area contributed by atoms with E-state index in [9.17, 15) is 0 Å². The van der Waals surface area contributed by atoms with Gasteiger partial charge in [0.1, 0.15) is 6.29 Å². The first kappa shape index (κ1) is 15.7. The van der Waals surface area contributed by atoms with Crippen LogP contribution in [0.25, 0.3) is 0 Å². The summed E-state index contributed by atoms with van der Waals surface area (Å²) in [5.41, 5.74) is 0. The third kappa shape index (κ3) is 9720. The van der Waals surface area contributed by atoms with Gasteiger partial charge in [0.05, 0.1) is 0 Å². The molecule has 0 aliphatic rings. The topological polar surface area (TPSA) is 60.7 Å². The molecule has 8 heavy (non-hydrogen) atoms. The van der Waals surface area contributed by atoms with E-state index in [4.69, 9.17) is 15.3 Å². The molecule has 0 amide bonds. The molecule has 0 bridgehead atoms. The Morgan fingerprint density at radius 1 is 1.38 bits per heavy atom. The van der Waals surface area contributed by atoms with E-state index in [-0.39, 0.29) is 14.0 Å². The molecule has 0 saturated heterocycles. The molecular formula is C5H16O3. The van der Waals surface area contributed by atoms with Crippen LogP contribution in [0.15, 0.2) is 0 Å². The van der Waals surface area contributed by atoms with E-state index < -0.39 is 6.29 Å². The predicted molar refractivity (Wildman–Crippen MR) is 33.4 cm³/mol. The summed E-state index contributed by atoms with van der Waals surface area (Å²) in [4.78, 5) is 0. The first-order valence-corrected chi connectivity index (χ1v) is 2.12. The Bertz CT molecular complexity index is 18.9. The second-order valence-electron chi connectivity index (χ2n) is 0.948. The summed E-state index contributed by atoms with van der Waals surface area (Å²) in [5, 5.41) is 22.8. The fourth-order valence-corrected chi connectivity index (χ4v) is 0. The van der Waals surface area contributed by atoms with E-state index in [0.29, 0.717) is 0 Å². The third-order valence-corrected chi connectivity index (χ3v) is 0. The lowest BCUT2D eigenvalue weighted by Crippen LogP contribution is -1.92. The van der Waals surface area contributed by atoms with Crippen molar-refractivity contribution in [3.8, 4) is 0 Å². The molecule has 0 radical (unpaired) electrons. The second-order valence-corrected chi connectivity index (χ2v) is 0.948. The fourth-order valence-electron chi connectivity index (χ4n) is 0. The second kappa shape index (κ2) is 15.8. The van der Waals surface area contributed by atoms with Gasteiger partial charge in [-0.3, -0.25) is 0 Å². The van der Waals surface area contributed by atoms with Crippen LogP contribution in [0.5, 0.6) is 0 Å². The van der Waals surface area contributed by atoms with Crippen LogP contribution in [0, 0.1) is 0 Å². The quantitative estimate of drug-likeness (QED) is 0.397. The van der Waals surface area contributed by atoms with Crippen LogP contribution in [0.3, 0.4) is 0 Å². The van der Waals surface area contributed by atoms with Crippen LogP contribution in [0.2, 0.25) is 0 Å². The van der Waals surface area contributed by atoms with E-state index in [1.165, 1.54) is 6.92 Å². The summed E-state index contributed by atoms with van der Waals surface area (Å²) in [6.45, 7) is 3.21. The van der Waals surface area contributed by atoms with Gasteiger partial charge in [-0.25, -0.2) is 0 Å². The van der Waals surface area contributed by atoms with E-state index in [1.807, 2.05) is 0 Å². The maximum Gasteiger partial charge on any atom is 0.148 e. The SMILES string of the molecule is C.CC(O)O.CCO. The highest BCUT2D eigenvalue weighted by atomic mass is 16.5. The minimum absolute atomic E-state index is 0. The number of hydrogen-bond donors (Lipinski definition) is 3. The molecule has 0 unspecified atom stereocenters. The molecule has 0 fully saturated rings. The van der Waals surface area contributed by atoms with E-state index in [0.717, 1.165) is 0 Å². The minimum atomic E-state index is -1.17. The van der Waals surface area contributed by atoms with Crippen molar-refractivity contribution in [2.24, 2.45) is 0 Å². The van der Waals surface area contributed by atoms with Crippen molar-refractivity contribution in [3.05, 3.63) is 0 Å². The highest BCUT2D eigenvalue weighted by Crippen LogP contribution is 1.57. The zero-order valence-electron chi connectivity index (χ0n) is 4.63. The fraction of sp³-hybridized carbons (Fsp3) is 1.00. The summed E-state index contributed by atoms with van der Waals surface area (Å²) in [5.74, 6) is 0. The van der Waals surface area contributed by atoms with Gasteiger partial charge in [0.15, 0.2) is 0 Å². The van der Waals surface area contributed by atoms with Crippen LogP contribution in [-0.2, 0) is 0 Å². The average molecular weight is 124 g/mol. The van der Waals surface area contributed by atoms with Crippen LogP contribution >= 0.6 is 0 Å². The molecule has 0 heterocycles. The van der Waals surface area contributed by atoms with Crippen molar-refractivity contribution in [1.29, 1.82) is 0 Å². The van der Waals surface area contributed by atoms with Crippen molar-refractivity contribution in [2.75, 3.05) is 6.61 Å². The summed E-state index contributed by atoms with van der Waals surface area (Å²) in [6.07, 6.45) is -1.17. The van der Waals surface area contributed by atoms with Crippen LogP contribution in [0.1, 0.15) is 21.3 Å². The Balaban J connectivity index is -0.0000000575. The largest absolute Gasteiger partial charge is 0.397 e. The molecule has 0 saturated carbocycles. The zero-order chi connectivity index (χ0) is 6.28. The number of rotatable bonds is 0. The van der Waals surface area contributed by atoms with Gasteiger partial charge in [0.25, 0.3) is 0 Å². The Labute approximate surface area is 50.6 Å². The van der Waals surface area contributed by atoms with Crippen molar-refractivity contribution in [2.45, 2.75) is 27.6 Å². The summed E-state index contributed by atoms with van der Waals surface area (Å²) < 4.78 is 0. The van der Waals surface area contributed by atoms with Gasteiger partial charge in [0, 0.05) is 6.61 Å². The summed E-state index contributed by atoms with van der Waals surface area (Å²) in [6, 6.07) is 0. The number of hydrogen-bond acceptors (Lipinski definition) is 3. The highest BCUT2D eigenvalue weighted by molar-refractivity contribution is 4.02. The predicted octanol–water partition coefficient (Wildman–Crippen LogP) is -0.0483. The van der Waals surface area contributed by atoms with Gasteiger partial charge in [0.2, 0.25) is 0 Å². The minimum Gasteiger partial charge on any atom is -0.397 e. The monoisotopic (exact) mass is 124 g/mol. The molecule has 54 valence electrons. The lowest BCUT2D eigenvalue weighted by atomic mass is 10.8. The van der Waals surface area contributed by atoms with Gasteiger partial charge in [-0.15, -0.1) is 0 Å². The first-order valence-electron chi connectivity index (χ1n) is 2.12. The average Bonchev–Trinajstić information content (AvgIpc) is 1.33. The van der Waals surface area contributed by atoms with Crippen LogP contribution in [0.4, 0.5) is 0 Å². The maximum absolute atomic E-state index is 7.61. The smallest absolute Gasteiger partial charge is 0.148 e. The van der Waals surface area contributed by atoms with Gasteiger partial charge >= 0.3 is 0 Å². The normalized spacial score (nSPS) is 6.75. The molecule has 3 heteroatoms. The molecule has 0 aromatic rings. The Hall–Kier alpha value is -0.120. The van der Waals surface area contributed by atoms with Crippen LogP contribution < -0.4 is 0 Å². The Morgan fingerprint density at radius 3 is 1.38 bits per heavy atom. The lowest BCUT2D eigenvalue weighted by Gasteiger charge is -1.80. The van der Waals surface area contributed by atoms with Crippen LogP contribution in [-0.4, -0.2) is 28.2 Å². The zero-order valence-corrected chi connectivity index (χ0v) is 4.63. The molecule has 0 aliphatic carbocycles. The molecule has 0 aromatic heterocycles. The number of aliphatic hydroxyl groups is 3. The third-order valence-electron chi connectivity index (χ3n) is 0. The molecule has 0 atom stereocenters. The molecule has 0 aromatic carbocycles. The van der Waals surface area contributed by atoms with Gasteiger partial charge in [-0.1, -0.05) is 7.43 Å². The summed E-state index contributed by atoms with van der Waals surface area (Å²) in [7, 11) is 0. The van der Waals surface area contributed by atoms with Crippen molar-refractivity contribution in [1.82, 2.24) is 0 Å². The standard InChI is InChI=1S/C2H6O2.C2H6O.CH4/c1-2(3)4;1-2-3;/h2-4H,1H3;3H,2H2,1H3;1H4. The molecule has 0 aliphatic heterocycles. The van der Waals surface area contributed by atoms with E-state index in [1.54, 1.807) is 6.92 Å².